The van der Waals surface area contributed by atoms with Gasteiger partial charge in [0.25, 0.3) is 0 Å². The maximum Gasteiger partial charge on any atom is 0.0159 e. The standard InChI is InChI=1S/C37H26/c1-37(2)33-15-4-3-13-29(33)30-19-18-26(22-34(30)37)25-10-6-11-27(20-25)32-21-28-12-5-8-23-16-17-24-9-7-14-31(32)36(24)35(23)28/h3-22H,1-2H3. The Bertz CT molecular complexity index is 2000. The van der Waals surface area contributed by atoms with E-state index in [1.807, 2.05) is 0 Å². The van der Waals surface area contributed by atoms with Crippen molar-refractivity contribution >= 4 is 32.3 Å². The number of hydrogen-bond acceptors (Lipinski definition) is 0. The van der Waals surface area contributed by atoms with Gasteiger partial charge in [0.2, 0.25) is 0 Å². The predicted octanol–water partition coefficient (Wildman–Crippen LogP) is 10.2. The molecule has 0 saturated heterocycles. The highest BCUT2D eigenvalue weighted by Crippen LogP contribution is 2.49. The third-order valence-corrected chi connectivity index (χ3v) is 8.60. The van der Waals surface area contributed by atoms with Crippen molar-refractivity contribution in [3.8, 4) is 33.4 Å². The van der Waals surface area contributed by atoms with Crippen LogP contribution in [-0.4, -0.2) is 0 Å². The van der Waals surface area contributed by atoms with Crippen LogP contribution in [-0.2, 0) is 5.41 Å². The van der Waals surface area contributed by atoms with Gasteiger partial charge in [-0.1, -0.05) is 117 Å². The molecule has 1 aliphatic carbocycles. The van der Waals surface area contributed by atoms with Crippen LogP contribution in [0, 0.1) is 0 Å². The first-order chi connectivity index (χ1) is 18.1. The SMILES string of the molecule is CC1(C)c2ccccc2-c2ccc(-c3cccc(-c4cc5cccc6ccc7cccc4c7c65)c3)cc21. The van der Waals surface area contributed by atoms with Crippen molar-refractivity contribution in [2.24, 2.45) is 0 Å². The molecule has 7 aromatic carbocycles. The number of hydrogen-bond donors (Lipinski definition) is 0. The second-order valence-corrected chi connectivity index (χ2v) is 11.0. The molecule has 0 unspecified atom stereocenters. The first-order valence-electron chi connectivity index (χ1n) is 13.1. The molecular formula is C37H26. The molecule has 1 aliphatic rings. The van der Waals surface area contributed by atoms with Crippen molar-refractivity contribution in [3.63, 3.8) is 0 Å². The molecule has 8 rings (SSSR count). The molecule has 7 aromatic rings. The molecule has 0 spiro atoms. The predicted molar refractivity (Wildman–Crippen MR) is 159 cm³/mol. The summed E-state index contributed by atoms with van der Waals surface area (Å²) in [7, 11) is 0. The summed E-state index contributed by atoms with van der Waals surface area (Å²) in [4.78, 5) is 0. The quantitative estimate of drug-likeness (QED) is 0.220. The summed E-state index contributed by atoms with van der Waals surface area (Å²) in [6, 6.07) is 45.2. The smallest absolute Gasteiger partial charge is 0.0159 e. The molecule has 0 nitrogen and oxygen atoms in total. The Balaban J connectivity index is 1.32. The zero-order valence-electron chi connectivity index (χ0n) is 21.0. The lowest BCUT2D eigenvalue weighted by Crippen LogP contribution is -2.14. The van der Waals surface area contributed by atoms with Gasteiger partial charge in [-0.15, -0.1) is 0 Å². The average molecular weight is 471 g/mol. The van der Waals surface area contributed by atoms with E-state index in [1.165, 1.54) is 76.8 Å². The molecule has 0 atom stereocenters. The molecule has 0 N–H and O–H groups in total. The van der Waals surface area contributed by atoms with E-state index in [2.05, 4.69) is 135 Å². The molecule has 0 amide bonds. The van der Waals surface area contributed by atoms with E-state index in [0.29, 0.717) is 0 Å². The van der Waals surface area contributed by atoms with Crippen molar-refractivity contribution in [3.05, 3.63) is 132 Å². The summed E-state index contributed by atoms with van der Waals surface area (Å²) in [6.07, 6.45) is 0. The fraction of sp³-hybridized carbons (Fsp3) is 0.0811. The topological polar surface area (TPSA) is 0 Å². The lowest BCUT2D eigenvalue weighted by Gasteiger charge is -2.22. The Labute approximate surface area is 217 Å². The molecule has 0 heterocycles. The molecular weight excluding hydrogens is 444 g/mol. The minimum atomic E-state index is 0.00345. The Hall–Kier alpha value is -4.42. The number of benzene rings is 7. The molecule has 0 bridgehead atoms. The van der Waals surface area contributed by atoms with Gasteiger partial charge in [-0.05, 0) is 95.0 Å². The number of fused-ring (bicyclic) bond motifs is 3. The monoisotopic (exact) mass is 470 g/mol. The van der Waals surface area contributed by atoms with Gasteiger partial charge in [0.1, 0.15) is 0 Å². The first kappa shape index (κ1) is 20.7. The minimum absolute atomic E-state index is 0.00345. The third-order valence-electron chi connectivity index (χ3n) is 8.60. The summed E-state index contributed by atoms with van der Waals surface area (Å²) in [5.41, 5.74) is 10.7. The van der Waals surface area contributed by atoms with Gasteiger partial charge in [-0.25, -0.2) is 0 Å². The first-order valence-corrected chi connectivity index (χ1v) is 13.1. The van der Waals surface area contributed by atoms with E-state index in [9.17, 15) is 0 Å². The van der Waals surface area contributed by atoms with E-state index in [-0.39, 0.29) is 5.41 Å². The van der Waals surface area contributed by atoms with Gasteiger partial charge in [-0.2, -0.15) is 0 Å². The van der Waals surface area contributed by atoms with Crippen LogP contribution >= 0.6 is 0 Å². The lowest BCUT2D eigenvalue weighted by atomic mass is 9.81. The second kappa shape index (κ2) is 7.31. The lowest BCUT2D eigenvalue weighted by molar-refractivity contribution is 0.660. The van der Waals surface area contributed by atoms with Gasteiger partial charge in [0.05, 0.1) is 0 Å². The maximum absolute atomic E-state index is 2.42. The van der Waals surface area contributed by atoms with Crippen molar-refractivity contribution in [2.75, 3.05) is 0 Å². The molecule has 0 aromatic heterocycles. The Morgan fingerprint density at radius 2 is 1.08 bits per heavy atom. The van der Waals surface area contributed by atoms with Gasteiger partial charge in [0.15, 0.2) is 0 Å². The number of rotatable bonds is 2. The highest BCUT2D eigenvalue weighted by atomic mass is 14.4. The van der Waals surface area contributed by atoms with E-state index in [4.69, 9.17) is 0 Å². The van der Waals surface area contributed by atoms with Crippen LogP contribution in [0.3, 0.4) is 0 Å². The fourth-order valence-corrected chi connectivity index (χ4v) is 6.75. The Morgan fingerprint density at radius 3 is 1.97 bits per heavy atom. The minimum Gasteiger partial charge on any atom is -0.0619 e. The largest absolute Gasteiger partial charge is 0.0619 e. The normalized spacial score (nSPS) is 13.9. The summed E-state index contributed by atoms with van der Waals surface area (Å²) < 4.78 is 0. The van der Waals surface area contributed by atoms with Gasteiger partial charge < -0.3 is 0 Å². The van der Waals surface area contributed by atoms with Crippen molar-refractivity contribution in [1.29, 1.82) is 0 Å². The highest BCUT2D eigenvalue weighted by molar-refractivity contribution is 6.26. The molecule has 0 saturated carbocycles. The fourth-order valence-electron chi connectivity index (χ4n) is 6.75. The van der Waals surface area contributed by atoms with E-state index < -0.39 is 0 Å². The maximum atomic E-state index is 2.42. The van der Waals surface area contributed by atoms with Crippen LogP contribution in [0.2, 0.25) is 0 Å². The van der Waals surface area contributed by atoms with Crippen LogP contribution in [0.4, 0.5) is 0 Å². The van der Waals surface area contributed by atoms with Crippen molar-refractivity contribution < 1.29 is 0 Å². The average Bonchev–Trinajstić information content (AvgIpc) is 3.18. The Morgan fingerprint density at radius 1 is 0.405 bits per heavy atom. The van der Waals surface area contributed by atoms with Crippen LogP contribution in [0.15, 0.2) is 121 Å². The highest BCUT2D eigenvalue weighted by Gasteiger charge is 2.35. The molecule has 0 heteroatoms. The van der Waals surface area contributed by atoms with Crippen molar-refractivity contribution in [1.82, 2.24) is 0 Å². The summed E-state index contributed by atoms with van der Waals surface area (Å²) >= 11 is 0. The van der Waals surface area contributed by atoms with Gasteiger partial charge in [-0.3, -0.25) is 0 Å². The summed E-state index contributed by atoms with van der Waals surface area (Å²) in [6.45, 7) is 4.70. The molecule has 174 valence electrons. The molecule has 0 aliphatic heterocycles. The van der Waals surface area contributed by atoms with Gasteiger partial charge >= 0.3 is 0 Å². The summed E-state index contributed by atoms with van der Waals surface area (Å²) in [5, 5.41) is 7.98. The van der Waals surface area contributed by atoms with E-state index in [1.54, 1.807) is 0 Å². The van der Waals surface area contributed by atoms with Crippen LogP contribution in [0.5, 0.6) is 0 Å². The molecule has 37 heavy (non-hydrogen) atoms. The van der Waals surface area contributed by atoms with Crippen LogP contribution in [0.1, 0.15) is 25.0 Å². The Kier molecular flexibility index (Phi) is 4.10. The second-order valence-electron chi connectivity index (χ2n) is 11.0. The van der Waals surface area contributed by atoms with E-state index >= 15 is 0 Å². The zero-order chi connectivity index (χ0) is 24.7. The summed E-state index contributed by atoms with van der Waals surface area (Å²) in [5.74, 6) is 0. The van der Waals surface area contributed by atoms with Crippen LogP contribution in [0.25, 0.3) is 65.7 Å². The van der Waals surface area contributed by atoms with E-state index in [0.717, 1.165) is 0 Å². The third kappa shape index (κ3) is 2.84. The molecule has 0 radical (unpaired) electrons. The van der Waals surface area contributed by atoms with Crippen LogP contribution < -0.4 is 0 Å². The zero-order valence-corrected chi connectivity index (χ0v) is 21.0. The molecule has 0 fully saturated rings. The van der Waals surface area contributed by atoms with Gasteiger partial charge in [0, 0.05) is 5.41 Å². The van der Waals surface area contributed by atoms with Crippen molar-refractivity contribution in [2.45, 2.75) is 19.3 Å².